The maximum absolute atomic E-state index is 12.9. The summed E-state index contributed by atoms with van der Waals surface area (Å²) in [5.41, 5.74) is 2.05. The predicted octanol–water partition coefficient (Wildman–Crippen LogP) is 1.93. The van der Waals surface area contributed by atoms with Crippen LogP contribution in [0.2, 0.25) is 0 Å². The lowest BCUT2D eigenvalue weighted by molar-refractivity contribution is -0.136. The number of carbonyl (C=O) groups is 1. The number of aryl methyl sites for hydroxylation is 1. The monoisotopic (exact) mass is 429 g/mol. The Hall–Kier alpha value is -2.29. The van der Waals surface area contributed by atoms with Gasteiger partial charge < -0.3 is 14.7 Å². The largest absolute Gasteiger partial charge is 0.394 e. The van der Waals surface area contributed by atoms with Crippen LogP contribution in [0.4, 0.5) is 0 Å². The summed E-state index contributed by atoms with van der Waals surface area (Å²) in [6.45, 7) is 7.07. The second-order valence-corrected chi connectivity index (χ2v) is 8.66. The number of carbonyl (C=O) groups excluding carboxylic acids is 1. The van der Waals surface area contributed by atoms with Gasteiger partial charge in [0.1, 0.15) is 5.69 Å². The minimum atomic E-state index is -0.222. The van der Waals surface area contributed by atoms with Gasteiger partial charge in [0, 0.05) is 38.5 Å². The lowest BCUT2D eigenvalue weighted by Crippen LogP contribution is -2.47. The van der Waals surface area contributed by atoms with E-state index >= 15 is 0 Å². The molecule has 0 fully saturated rings. The van der Waals surface area contributed by atoms with Crippen molar-refractivity contribution in [1.82, 2.24) is 24.8 Å². The summed E-state index contributed by atoms with van der Waals surface area (Å²) in [6.07, 6.45) is 2.91. The molecular formula is C23H35N5O3. The molecule has 8 heteroatoms. The van der Waals surface area contributed by atoms with Crippen molar-refractivity contribution in [3.63, 3.8) is 0 Å². The summed E-state index contributed by atoms with van der Waals surface area (Å²) < 4.78 is 8.08. The topological polar surface area (TPSA) is 83.7 Å². The molecule has 0 unspecified atom stereocenters. The van der Waals surface area contributed by atoms with Gasteiger partial charge >= 0.3 is 0 Å². The van der Waals surface area contributed by atoms with Crippen LogP contribution in [0, 0.1) is 5.92 Å². The highest BCUT2D eigenvalue weighted by Crippen LogP contribution is 2.18. The molecule has 31 heavy (non-hydrogen) atoms. The Bertz CT molecular complexity index is 813. The Morgan fingerprint density at radius 1 is 1.32 bits per heavy atom. The average Bonchev–Trinajstić information content (AvgIpc) is 3.22. The Kier molecular flexibility index (Phi) is 8.57. The number of rotatable bonds is 6. The van der Waals surface area contributed by atoms with E-state index in [0.29, 0.717) is 32.5 Å². The van der Waals surface area contributed by atoms with Crippen molar-refractivity contribution in [3.05, 3.63) is 47.8 Å². The van der Waals surface area contributed by atoms with Gasteiger partial charge in [-0.05, 0) is 26.0 Å². The fraction of sp³-hybridized carbons (Fsp3) is 0.609. The number of aliphatic hydroxyl groups excluding tert-OH is 1. The highest BCUT2D eigenvalue weighted by atomic mass is 16.5. The van der Waals surface area contributed by atoms with Gasteiger partial charge in [-0.15, -0.1) is 5.10 Å². The average molecular weight is 430 g/mol. The highest BCUT2D eigenvalue weighted by Gasteiger charge is 2.27. The molecule has 170 valence electrons. The number of hydrogen-bond acceptors (Lipinski definition) is 6. The van der Waals surface area contributed by atoms with Gasteiger partial charge in [0.2, 0.25) is 5.91 Å². The van der Waals surface area contributed by atoms with E-state index < -0.39 is 0 Å². The smallest absolute Gasteiger partial charge is 0.222 e. The molecule has 2 aromatic rings. The third-order valence-electron chi connectivity index (χ3n) is 5.83. The zero-order valence-electron chi connectivity index (χ0n) is 18.9. The van der Waals surface area contributed by atoms with Crippen LogP contribution in [0.1, 0.15) is 37.9 Å². The second kappa shape index (κ2) is 11.4. The summed E-state index contributed by atoms with van der Waals surface area (Å²) in [7, 11) is 2.08. The van der Waals surface area contributed by atoms with E-state index in [1.807, 2.05) is 36.2 Å². The third kappa shape index (κ3) is 6.85. The van der Waals surface area contributed by atoms with Crippen LogP contribution in [-0.4, -0.2) is 74.7 Å². The Morgan fingerprint density at radius 2 is 2.10 bits per heavy atom. The zero-order chi connectivity index (χ0) is 22.2. The molecule has 1 amide bonds. The van der Waals surface area contributed by atoms with Gasteiger partial charge in [-0.1, -0.05) is 42.5 Å². The molecular weight excluding hydrogens is 394 g/mol. The molecule has 2 heterocycles. The van der Waals surface area contributed by atoms with Crippen molar-refractivity contribution in [2.45, 2.75) is 58.5 Å². The fourth-order valence-electron chi connectivity index (χ4n) is 3.96. The predicted molar refractivity (Wildman–Crippen MR) is 118 cm³/mol. The van der Waals surface area contributed by atoms with E-state index in [4.69, 9.17) is 4.74 Å². The van der Waals surface area contributed by atoms with E-state index in [1.165, 1.54) is 5.56 Å². The summed E-state index contributed by atoms with van der Waals surface area (Å²) >= 11 is 0. The first-order valence-corrected chi connectivity index (χ1v) is 11.1. The summed E-state index contributed by atoms with van der Waals surface area (Å²) in [5, 5.41) is 18.1. The van der Waals surface area contributed by atoms with E-state index in [0.717, 1.165) is 18.8 Å². The number of hydrogen-bond donors (Lipinski definition) is 1. The molecule has 0 aliphatic carbocycles. The van der Waals surface area contributed by atoms with Crippen molar-refractivity contribution in [2.24, 2.45) is 5.92 Å². The molecule has 0 radical (unpaired) electrons. The standard InChI is InChI=1S/C23H35N5O3/c1-18-12-28(19(2)16-29)23(30)10-7-11-27-14-21(24-25-27)17-31-22(18)15-26(3)13-20-8-5-4-6-9-20/h4-6,8-9,14,18-19,22,29H,7,10-13,15-17H2,1-3H3/t18-,19-,22+/m0/s1. The van der Waals surface area contributed by atoms with E-state index in [2.05, 4.69) is 41.3 Å². The minimum Gasteiger partial charge on any atom is -0.394 e. The van der Waals surface area contributed by atoms with Crippen molar-refractivity contribution in [3.8, 4) is 0 Å². The molecule has 8 nitrogen and oxygen atoms in total. The number of fused-ring (bicyclic) bond motifs is 2. The van der Waals surface area contributed by atoms with Gasteiger partial charge in [0.25, 0.3) is 0 Å². The number of aliphatic hydroxyl groups is 1. The summed E-state index contributed by atoms with van der Waals surface area (Å²) in [6, 6.07) is 10.1. The van der Waals surface area contributed by atoms with Crippen molar-refractivity contribution < 1.29 is 14.6 Å². The van der Waals surface area contributed by atoms with Crippen LogP contribution in [0.15, 0.2) is 36.5 Å². The number of ether oxygens (including phenoxy) is 1. The van der Waals surface area contributed by atoms with Gasteiger partial charge in [-0.2, -0.15) is 0 Å². The number of nitrogens with zero attached hydrogens (tertiary/aromatic N) is 5. The lowest BCUT2D eigenvalue weighted by Gasteiger charge is -2.35. The molecule has 0 saturated heterocycles. The van der Waals surface area contributed by atoms with Gasteiger partial charge in [0.15, 0.2) is 0 Å². The molecule has 1 aromatic carbocycles. The maximum Gasteiger partial charge on any atom is 0.222 e. The molecule has 1 aromatic heterocycles. The number of benzene rings is 1. The second-order valence-electron chi connectivity index (χ2n) is 8.66. The van der Waals surface area contributed by atoms with Crippen LogP contribution in [0.3, 0.4) is 0 Å². The molecule has 1 N–H and O–H groups in total. The molecule has 3 rings (SSSR count). The van der Waals surface area contributed by atoms with Crippen LogP contribution in [0.5, 0.6) is 0 Å². The lowest BCUT2D eigenvalue weighted by atomic mass is 10.0. The SMILES string of the molecule is C[C@H]1CN([C@@H](C)CO)C(=O)CCCn2cc(nn2)CO[C@@H]1CN(C)Cc1ccccc1. The molecule has 2 bridgehead atoms. The zero-order valence-corrected chi connectivity index (χ0v) is 18.9. The van der Waals surface area contributed by atoms with Crippen molar-refractivity contribution in [1.29, 1.82) is 0 Å². The van der Waals surface area contributed by atoms with Crippen molar-refractivity contribution in [2.75, 3.05) is 26.7 Å². The highest BCUT2D eigenvalue weighted by molar-refractivity contribution is 5.76. The molecule has 3 atom stereocenters. The molecule has 0 spiro atoms. The normalized spacial score (nSPS) is 22.0. The van der Waals surface area contributed by atoms with Crippen LogP contribution in [0.25, 0.3) is 0 Å². The van der Waals surface area contributed by atoms with Gasteiger partial charge in [-0.3, -0.25) is 14.4 Å². The Balaban J connectivity index is 1.76. The first-order valence-electron chi connectivity index (χ1n) is 11.1. The Morgan fingerprint density at radius 3 is 2.84 bits per heavy atom. The number of amides is 1. The molecule has 0 saturated carbocycles. The first-order chi connectivity index (χ1) is 15.0. The first kappa shape index (κ1) is 23.4. The van der Waals surface area contributed by atoms with Gasteiger partial charge in [-0.25, -0.2) is 0 Å². The summed E-state index contributed by atoms with van der Waals surface area (Å²) in [5.74, 6) is 0.149. The molecule has 1 aliphatic rings. The van der Waals surface area contributed by atoms with E-state index in [-0.39, 0.29) is 30.6 Å². The quantitative estimate of drug-likeness (QED) is 0.756. The third-order valence-corrected chi connectivity index (χ3v) is 5.83. The fourth-order valence-corrected chi connectivity index (χ4v) is 3.96. The van der Waals surface area contributed by atoms with Gasteiger partial charge in [0.05, 0.1) is 31.6 Å². The minimum absolute atomic E-state index is 0.0517. The van der Waals surface area contributed by atoms with E-state index in [1.54, 1.807) is 4.68 Å². The van der Waals surface area contributed by atoms with Crippen LogP contribution >= 0.6 is 0 Å². The number of likely N-dealkylation sites (N-methyl/N-ethyl adjacent to an activating group) is 1. The van der Waals surface area contributed by atoms with Crippen molar-refractivity contribution >= 4 is 5.91 Å². The maximum atomic E-state index is 12.9. The Labute approximate surface area is 184 Å². The summed E-state index contributed by atoms with van der Waals surface area (Å²) in [4.78, 5) is 17.0. The van der Waals surface area contributed by atoms with Crippen LogP contribution in [-0.2, 0) is 29.2 Å². The van der Waals surface area contributed by atoms with Crippen LogP contribution < -0.4 is 0 Å². The molecule has 1 aliphatic heterocycles. The number of aromatic nitrogens is 3. The van der Waals surface area contributed by atoms with E-state index in [9.17, 15) is 9.90 Å².